The van der Waals surface area contributed by atoms with Crippen molar-refractivity contribution in [3.05, 3.63) is 24.3 Å². The van der Waals surface area contributed by atoms with Crippen LogP contribution in [-0.4, -0.2) is 37.7 Å². The summed E-state index contributed by atoms with van der Waals surface area (Å²) in [6.45, 7) is 1.84. The second kappa shape index (κ2) is 7.52. The van der Waals surface area contributed by atoms with Crippen molar-refractivity contribution in [1.29, 1.82) is 0 Å². The van der Waals surface area contributed by atoms with E-state index in [0.717, 1.165) is 12.8 Å². The Morgan fingerprint density at radius 2 is 1.81 bits per heavy atom. The van der Waals surface area contributed by atoms with Crippen LogP contribution in [-0.2, 0) is 14.3 Å². The fraction of sp³-hybridized carbons (Fsp3) is 0.467. The van der Waals surface area contributed by atoms with E-state index in [4.69, 9.17) is 14.2 Å². The van der Waals surface area contributed by atoms with Crippen LogP contribution in [0, 0.1) is 0 Å². The molecule has 114 valence electrons. The van der Waals surface area contributed by atoms with Gasteiger partial charge in [-0.2, -0.15) is 0 Å². The van der Waals surface area contributed by atoms with Crippen LogP contribution < -0.4 is 14.8 Å². The molecule has 0 aromatic heterocycles. The van der Waals surface area contributed by atoms with Gasteiger partial charge in [0, 0.05) is 6.04 Å². The summed E-state index contributed by atoms with van der Waals surface area (Å²) in [6, 6.07) is 7.32. The van der Waals surface area contributed by atoms with Gasteiger partial charge in [-0.25, -0.2) is 4.79 Å². The Kier molecular flexibility index (Phi) is 5.43. The van der Waals surface area contributed by atoms with E-state index in [0.29, 0.717) is 18.1 Å². The number of carbonyl (C=O) groups excluding carboxylic acids is 2. The number of amides is 1. The zero-order valence-electron chi connectivity index (χ0n) is 12.0. The Morgan fingerprint density at radius 1 is 1.14 bits per heavy atom. The van der Waals surface area contributed by atoms with Crippen molar-refractivity contribution in [2.75, 3.05) is 19.8 Å². The van der Waals surface area contributed by atoms with Gasteiger partial charge in [0.05, 0.1) is 6.61 Å². The predicted molar refractivity (Wildman–Crippen MR) is 75.2 cm³/mol. The van der Waals surface area contributed by atoms with Gasteiger partial charge in [-0.1, -0.05) is 12.1 Å². The summed E-state index contributed by atoms with van der Waals surface area (Å²) >= 11 is 0. The first-order valence-electron chi connectivity index (χ1n) is 6.98. The number of nitrogens with one attached hydrogen (secondary N) is 1. The zero-order chi connectivity index (χ0) is 15.1. The number of hydrogen-bond donors (Lipinski definition) is 1. The number of ether oxygens (including phenoxy) is 3. The van der Waals surface area contributed by atoms with Gasteiger partial charge in [-0.15, -0.1) is 0 Å². The molecule has 1 N–H and O–H groups in total. The third kappa shape index (κ3) is 5.33. The molecule has 6 heteroatoms. The molecule has 2 rings (SSSR count). The molecule has 1 aromatic rings. The van der Waals surface area contributed by atoms with E-state index in [1.807, 2.05) is 13.0 Å². The van der Waals surface area contributed by atoms with E-state index in [1.165, 1.54) is 0 Å². The molecule has 21 heavy (non-hydrogen) atoms. The van der Waals surface area contributed by atoms with Gasteiger partial charge in [0.2, 0.25) is 0 Å². The Hall–Kier alpha value is -2.24. The topological polar surface area (TPSA) is 73.9 Å². The SMILES string of the molecule is CCOc1ccccc1OCC(=O)OCC(=O)NC1CC1. The number of benzene rings is 1. The molecule has 1 saturated carbocycles. The standard InChI is InChI=1S/C15H19NO5/c1-2-19-12-5-3-4-6-13(12)20-10-15(18)21-9-14(17)16-11-7-8-11/h3-6,11H,2,7-10H2,1H3,(H,16,17). The molecule has 1 fully saturated rings. The average molecular weight is 293 g/mol. The van der Waals surface area contributed by atoms with E-state index in [9.17, 15) is 9.59 Å². The summed E-state index contributed by atoms with van der Waals surface area (Å²) in [5.74, 6) is 0.172. The maximum Gasteiger partial charge on any atom is 0.344 e. The molecule has 0 atom stereocenters. The van der Waals surface area contributed by atoms with Crippen LogP contribution >= 0.6 is 0 Å². The monoisotopic (exact) mass is 293 g/mol. The molecule has 1 aliphatic carbocycles. The summed E-state index contributed by atoms with van der Waals surface area (Å²) in [6.07, 6.45) is 1.99. The lowest BCUT2D eigenvalue weighted by molar-refractivity contribution is -0.150. The summed E-state index contributed by atoms with van der Waals surface area (Å²) in [5, 5.41) is 2.73. The highest BCUT2D eigenvalue weighted by Gasteiger charge is 2.23. The minimum atomic E-state index is -0.591. The summed E-state index contributed by atoms with van der Waals surface area (Å²) in [4.78, 5) is 22.9. The van der Waals surface area contributed by atoms with Crippen LogP contribution in [0.5, 0.6) is 11.5 Å². The van der Waals surface area contributed by atoms with Gasteiger partial charge >= 0.3 is 5.97 Å². The largest absolute Gasteiger partial charge is 0.490 e. The van der Waals surface area contributed by atoms with E-state index in [-0.39, 0.29) is 25.2 Å². The van der Waals surface area contributed by atoms with Crippen LogP contribution in [0.4, 0.5) is 0 Å². The number of carbonyl (C=O) groups is 2. The third-order valence-electron chi connectivity index (χ3n) is 2.80. The maximum absolute atomic E-state index is 11.5. The van der Waals surface area contributed by atoms with Gasteiger partial charge in [-0.05, 0) is 31.9 Å². The molecule has 0 unspecified atom stereocenters. The van der Waals surface area contributed by atoms with Crippen LogP contribution in [0.15, 0.2) is 24.3 Å². The molecule has 0 aliphatic heterocycles. The van der Waals surface area contributed by atoms with Crippen molar-refractivity contribution < 1.29 is 23.8 Å². The Bertz CT molecular complexity index is 499. The lowest BCUT2D eigenvalue weighted by atomic mass is 10.3. The highest BCUT2D eigenvalue weighted by atomic mass is 16.6. The fourth-order valence-electron chi connectivity index (χ4n) is 1.67. The van der Waals surface area contributed by atoms with E-state index < -0.39 is 5.97 Å². The van der Waals surface area contributed by atoms with Gasteiger partial charge in [-0.3, -0.25) is 4.79 Å². The number of hydrogen-bond acceptors (Lipinski definition) is 5. The normalized spacial score (nSPS) is 13.4. The zero-order valence-corrected chi connectivity index (χ0v) is 12.0. The Balaban J connectivity index is 1.71. The second-order valence-electron chi connectivity index (χ2n) is 4.67. The molecule has 1 aliphatic rings. The molecule has 0 saturated heterocycles. The molecule has 0 spiro atoms. The van der Waals surface area contributed by atoms with Crippen molar-refractivity contribution in [2.24, 2.45) is 0 Å². The van der Waals surface area contributed by atoms with Gasteiger partial charge in [0.15, 0.2) is 24.7 Å². The third-order valence-corrected chi connectivity index (χ3v) is 2.80. The average Bonchev–Trinajstić information content (AvgIpc) is 3.28. The maximum atomic E-state index is 11.5. The number of rotatable bonds is 8. The molecule has 0 radical (unpaired) electrons. The van der Waals surface area contributed by atoms with Crippen LogP contribution in [0.1, 0.15) is 19.8 Å². The van der Waals surface area contributed by atoms with Crippen molar-refractivity contribution in [1.82, 2.24) is 5.32 Å². The summed E-state index contributed by atoms with van der Waals surface area (Å²) in [5.41, 5.74) is 0. The van der Waals surface area contributed by atoms with Gasteiger partial charge < -0.3 is 19.5 Å². The first kappa shape index (κ1) is 15.2. The summed E-state index contributed by atoms with van der Waals surface area (Å²) < 4.78 is 15.6. The smallest absolute Gasteiger partial charge is 0.344 e. The van der Waals surface area contributed by atoms with E-state index in [2.05, 4.69) is 5.32 Å². The van der Waals surface area contributed by atoms with Crippen molar-refractivity contribution >= 4 is 11.9 Å². The Morgan fingerprint density at radius 3 is 2.43 bits per heavy atom. The van der Waals surface area contributed by atoms with E-state index in [1.54, 1.807) is 18.2 Å². The lowest BCUT2D eigenvalue weighted by Gasteiger charge is -2.11. The van der Waals surface area contributed by atoms with Crippen LogP contribution in [0.25, 0.3) is 0 Å². The highest BCUT2D eigenvalue weighted by Crippen LogP contribution is 2.26. The van der Waals surface area contributed by atoms with Crippen LogP contribution in [0.3, 0.4) is 0 Å². The van der Waals surface area contributed by atoms with Crippen molar-refractivity contribution in [2.45, 2.75) is 25.8 Å². The van der Waals surface area contributed by atoms with Crippen LogP contribution in [0.2, 0.25) is 0 Å². The molecule has 1 amide bonds. The molecular weight excluding hydrogens is 274 g/mol. The van der Waals surface area contributed by atoms with Gasteiger partial charge in [0.25, 0.3) is 5.91 Å². The molecule has 0 bridgehead atoms. The number of para-hydroxylation sites is 2. The van der Waals surface area contributed by atoms with Crippen molar-refractivity contribution in [3.8, 4) is 11.5 Å². The predicted octanol–water partition coefficient (Wildman–Crippen LogP) is 1.29. The second-order valence-corrected chi connectivity index (χ2v) is 4.67. The Labute approximate surface area is 123 Å². The fourth-order valence-corrected chi connectivity index (χ4v) is 1.67. The quantitative estimate of drug-likeness (QED) is 0.731. The highest BCUT2D eigenvalue weighted by molar-refractivity contribution is 5.81. The lowest BCUT2D eigenvalue weighted by Crippen LogP contribution is -2.31. The van der Waals surface area contributed by atoms with Gasteiger partial charge in [0.1, 0.15) is 0 Å². The first-order chi connectivity index (χ1) is 10.2. The molecule has 0 heterocycles. The number of esters is 1. The molecule has 6 nitrogen and oxygen atoms in total. The van der Waals surface area contributed by atoms with Crippen molar-refractivity contribution in [3.63, 3.8) is 0 Å². The minimum Gasteiger partial charge on any atom is -0.490 e. The summed E-state index contributed by atoms with van der Waals surface area (Å²) in [7, 11) is 0. The first-order valence-corrected chi connectivity index (χ1v) is 6.98. The van der Waals surface area contributed by atoms with E-state index >= 15 is 0 Å². The molecule has 1 aromatic carbocycles. The molecular formula is C15H19NO5. The minimum absolute atomic E-state index is 0.255.